The molecule has 0 aliphatic carbocycles. The number of rotatable bonds is 5. The maximum atomic E-state index is 12.6. The van der Waals surface area contributed by atoms with E-state index in [-0.39, 0.29) is 21.1 Å². The van der Waals surface area contributed by atoms with Crippen molar-refractivity contribution in [2.24, 2.45) is 5.14 Å². The first-order chi connectivity index (χ1) is 9.71. The zero-order valence-electron chi connectivity index (χ0n) is 11.7. The first-order valence-electron chi connectivity index (χ1n) is 6.34. The van der Waals surface area contributed by atoms with Gasteiger partial charge in [0.1, 0.15) is 8.42 Å². The molecule has 7 nitrogen and oxygen atoms in total. The van der Waals surface area contributed by atoms with Gasteiger partial charge in [0.15, 0.2) is 9.84 Å². The summed E-state index contributed by atoms with van der Waals surface area (Å²) in [5.74, 6) is 0. The maximum Gasteiger partial charge on any atom is 0.247 e. The fourth-order valence-corrected chi connectivity index (χ4v) is 7.01. The molecular weight excluding hydrogens is 336 g/mol. The molecule has 0 radical (unpaired) electrons. The maximum absolute atomic E-state index is 12.6. The SMILES string of the molecule is CCNC1CC(COC)S(=O)(=O)c2sc(S(N)(=O)=O)cc21. The Hall–Kier alpha value is -0.520. The topological polar surface area (TPSA) is 116 Å². The van der Waals surface area contributed by atoms with Crippen molar-refractivity contribution in [2.45, 2.75) is 33.1 Å². The minimum atomic E-state index is -3.92. The van der Waals surface area contributed by atoms with E-state index in [4.69, 9.17) is 9.88 Å². The van der Waals surface area contributed by atoms with Crippen molar-refractivity contribution in [1.29, 1.82) is 0 Å². The summed E-state index contributed by atoms with van der Waals surface area (Å²) < 4.78 is 53.0. The summed E-state index contributed by atoms with van der Waals surface area (Å²) in [6.07, 6.45) is 0.345. The molecule has 2 unspecified atom stereocenters. The van der Waals surface area contributed by atoms with E-state index in [0.717, 1.165) is 0 Å². The van der Waals surface area contributed by atoms with Crippen LogP contribution in [0.4, 0.5) is 0 Å². The molecule has 21 heavy (non-hydrogen) atoms. The summed E-state index contributed by atoms with van der Waals surface area (Å²) in [6.45, 7) is 2.62. The Balaban J connectivity index is 2.59. The van der Waals surface area contributed by atoms with Crippen LogP contribution in [-0.2, 0) is 24.6 Å². The molecular formula is C11H18N2O5S3. The summed E-state index contributed by atoms with van der Waals surface area (Å²) in [7, 11) is -6.08. The van der Waals surface area contributed by atoms with Gasteiger partial charge < -0.3 is 10.1 Å². The number of nitrogens with two attached hydrogens (primary N) is 1. The lowest BCUT2D eigenvalue weighted by Crippen LogP contribution is -2.37. The first-order valence-corrected chi connectivity index (χ1v) is 10.3. The zero-order chi connectivity index (χ0) is 15.8. The summed E-state index contributed by atoms with van der Waals surface area (Å²) in [5, 5.41) is 7.61. The molecule has 2 atom stereocenters. The molecule has 0 fully saturated rings. The lowest BCUT2D eigenvalue weighted by Gasteiger charge is -2.29. The van der Waals surface area contributed by atoms with Gasteiger partial charge in [-0.2, -0.15) is 0 Å². The van der Waals surface area contributed by atoms with Crippen LogP contribution in [0.15, 0.2) is 14.5 Å². The van der Waals surface area contributed by atoms with Crippen LogP contribution in [0.5, 0.6) is 0 Å². The van der Waals surface area contributed by atoms with Crippen LogP contribution in [0.1, 0.15) is 24.9 Å². The van der Waals surface area contributed by atoms with Gasteiger partial charge in [0.05, 0.1) is 11.9 Å². The molecule has 0 saturated carbocycles. The summed E-state index contributed by atoms with van der Waals surface area (Å²) in [6, 6.07) is 1.14. The van der Waals surface area contributed by atoms with E-state index in [1.165, 1.54) is 13.2 Å². The highest BCUT2D eigenvalue weighted by atomic mass is 32.3. The average molecular weight is 354 g/mol. The fourth-order valence-electron chi connectivity index (χ4n) is 2.42. The number of methoxy groups -OCH3 is 1. The van der Waals surface area contributed by atoms with E-state index >= 15 is 0 Å². The standard InChI is InChI=1S/C11H18N2O5S3/c1-3-13-9-4-7(6-18-2)20(14,15)11-8(9)5-10(19-11)21(12,16)17/h5,7,9,13H,3-4,6H2,1-2H3,(H2,12,16,17). The van der Waals surface area contributed by atoms with Crippen LogP contribution in [0.25, 0.3) is 0 Å². The Morgan fingerprint density at radius 1 is 1.52 bits per heavy atom. The number of ether oxygens (including phenoxy) is 1. The molecule has 0 bridgehead atoms. The van der Waals surface area contributed by atoms with Crippen molar-refractivity contribution < 1.29 is 21.6 Å². The minimum absolute atomic E-state index is 0.0748. The first kappa shape index (κ1) is 16.8. The van der Waals surface area contributed by atoms with E-state index in [1.54, 1.807) is 0 Å². The number of nitrogens with one attached hydrogen (secondary N) is 1. The van der Waals surface area contributed by atoms with E-state index in [0.29, 0.717) is 29.9 Å². The monoisotopic (exact) mass is 354 g/mol. The van der Waals surface area contributed by atoms with Crippen molar-refractivity contribution in [1.82, 2.24) is 5.32 Å². The minimum Gasteiger partial charge on any atom is -0.383 e. The highest BCUT2D eigenvalue weighted by molar-refractivity contribution is 7.95. The molecule has 0 spiro atoms. The Morgan fingerprint density at radius 2 is 2.19 bits per heavy atom. The lowest BCUT2D eigenvalue weighted by molar-refractivity contribution is 0.189. The number of hydrogen-bond acceptors (Lipinski definition) is 7. The average Bonchev–Trinajstić information content (AvgIpc) is 2.82. The molecule has 2 heterocycles. The van der Waals surface area contributed by atoms with Crippen LogP contribution in [-0.4, -0.2) is 42.3 Å². The molecule has 1 aliphatic rings. The molecule has 1 aliphatic heterocycles. The molecule has 0 amide bonds. The third-order valence-electron chi connectivity index (χ3n) is 3.36. The van der Waals surface area contributed by atoms with Gasteiger partial charge in [-0.1, -0.05) is 6.92 Å². The Kier molecular flexibility index (Phi) is 4.76. The van der Waals surface area contributed by atoms with Crippen LogP contribution >= 0.6 is 11.3 Å². The lowest BCUT2D eigenvalue weighted by atomic mass is 10.0. The van der Waals surface area contributed by atoms with Crippen LogP contribution in [0.3, 0.4) is 0 Å². The summed E-state index contributed by atoms with van der Waals surface area (Å²) in [4.78, 5) is 0. The number of hydrogen-bond donors (Lipinski definition) is 2. The van der Waals surface area contributed by atoms with Crippen molar-refractivity contribution in [2.75, 3.05) is 20.3 Å². The smallest absolute Gasteiger partial charge is 0.247 e. The third-order valence-corrected chi connectivity index (χ3v) is 8.63. The molecule has 1 aromatic heterocycles. The second kappa shape index (κ2) is 5.94. The predicted octanol–water partition coefficient (Wildman–Crippen LogP) is 0.239. The van der Waals surface area contributed by atoms with Crippen molar-refractivity contribution >= 4 is 31.2 Å². The molecule has 0 saturated heterocycles. The molecule has 0 aromatic carbocycles. The summed E-state index contributed by atoms with van der Waals surface area (Å²) in [5.41, 5.74) is 0.484. The predicted molar refractivity (Wildman–Crippen MR) is 79.6 cm³/mol. The van der Waals surface area contributed by atoms with Gasteiger partial charge in [-0.3, -0.25) is 0 Å². The number of fused-ring (bicyclic) bond motifs is 1. The van der Waals surface area contributed by atoms with Gasteiger partial charge in [0.2, 0.25) is 10.0 Å². The number of primary sulfonamides is 1. The van der Waals surface area contributed by atoms with Crippen molar-refractivity contribution in [3.8, 4) is 0 Å². The molecule has 2 rings (SSSR count). The van der Waals surface area contributed by atoms with E-state index in [9.17, 15) is 16.8 Å². The van der Waals surface area contributed by atoms with Gasteiger partial charge in [0.25, 0.3) is 0 Å². The Morgan fingerprint density at radius 3 is 2.71 bits per heavy atom. The Labute approximate surface area is 128 Å². The molecule has 10 heteroatoms. The second-order valence-electron chi connectivity index (χ2n) is 4.82. The largest absolute Gasteiger partial charge is 0.383 e. The van der Waals surface area contributed by atoms with Crippen molar-refractivity contribution in [3.63, 3.8) is 0 Å². The van der Waals surface area contributed by atoms with Crippen LogP contribution in [0.2, 0.25) is 0 Å². The normalized spacial score (nSPS) is 24.7. The number of thiophene rings is 1. The second-order valence-corrected chi connectivity index (χ2v) is 10.1. The quantitative estimate of drug-likeness (QED) is 0.782. The highest BCUT2D eigenvalue weighted by Gasteiger charge is 2.41. The fraction of sp³-hybridized carbons (Fsp3) is 0.636. The number of sulfonamides is 1. The third kappa shape index (κ3) is 3.15. The van der Waals surface area contributed by atoms with Gasteiger partial charge in [-0.15, -0.1) is 11.3 Å². The molecule has 3 N–H and O–H groups in total. The zero-order valence-corrected chi connectivity index (χ0v) is 14.1. The van der Waals surface area contributed by atoms with E-state index in [1.807, 2.05) is 6.92 Å². The van der Waals surface area contributed by atoms with Gasteiger partial charge in [-0.05, 0) is 19.0 Å². The van der Waals surface area contributed by atoms with Gasteiger partial charge in [0, 0.05) is 18.7 Å². The van der Waals surface area contributed by atoms with E-state index < -0.39 is 25.1 Å². The number of sulfone groups is 1. The molecule has 120 valence electrons. The van der Waals surface area contributed by atoms with Gasteiger partial charge in [-0.25, -0.2) is 22.0 Å². The summed E-state index contributed by atoms with van der Waals surface area (Å²) >= 11 is 0.712. The van der Waals surface area contributed by atoms with Gasteiger partial charge >= 0.3 is 0 Å². The van der Waals surface area contributed by atoms with E-state index in [2.05, 4.69) is 5.32 Å². The molecule has 1 aromatic rings. The van der Waals surface area contributed by atoms with Crippen LogP contribution < -0.4 is 10.5 Å². The van der Waals surface area contributed by atoms with Crippen molar-refractivity contribution in [3.05, 3.63) is 11.6 Å². The van der Waals surface area contributed by atoms with Crippen LogP contribution in [0, 0.1) is 0 Å². The Bertz CT molecular complexity index is 723. The highest BCUT2D eigenvalue weighted by Crippen LogP contribution is 2.42.